The fourth-order valence-electron chi connectivity index (χ4n) is 3.77. The van der Waals surface area contributed by atoms with E-state index in [1.54, 1.807) is 14.2 Å². The van der Waals surface area contributed by atoms with Crippen molar-refractivity contribution in [1.29, 1.82) is 0 Å². The van der Waals surface area contributed by atoms with Gasteiger partial charge in [-0.2, -0.15) is 0 Å². The van der Waals surface area contributed by atoms with Gasteiger partial charge in [0.15, 0.2) is 11.5 Å². The Morgan fingerprint density at radius 1 is 1.15 bits per heavy atom. The van der Waals surface area contributed by atoms with E-state index in [1.807, 2.05) is 36.4 Å². The molecule has 6 heteroatoms. The van der Waals surface area contributed by atoms with E-state index in [1.165, 1.54) is 17.6 Å². The van der Waals surface area contributed by atoms with Crippen molar-refractivity contribution in [2.24, 2.45) is 0 Å². The highest BCUT2D eigenvalue weighted by atomic mass is 35.5. The number of fused-ring (bicyclic) bond motifs is 1. The van der Waals surface area contributed by atoms with E-state index in [-0.39, 0.29) is 12.0 Å². The number of hydrogen-bond donors (Lipinski definition) is 1. The molecule has 0 bridgehead atoms. The number of halogens is 1. The van der Waals surface area contributed by atoms with Gasteiger partial charge in [-0.1, -0.05) is 29.8 Å². The molecular weight excluding hydrogens is 366 g/mol. The molecule has 144 valence electrons. The molecule has 0 amide bonds. The van der Waals surface area contributed by atoms with Crippen LogP contribution in [0.1, 0.15) is 29.2 Å². The van der Waals surface area contributed by atoms with Crippen molar-refractivity contribution >= 4 is 17.6 Å². The van der Waals surface area contributed by atoms with Crippen molar-refractivity contribution < 1.29 is 23.9 Å². The minimum Gasteiger partial charge on any atom is -0.493 e. The Hall–Kier alpha value is -2.24. The molecule has 0 aromatic heterocycles. The Balaban J connectivity index is 1.98. The summed E-state index contributed by atoms with van der Waals surface area (Å²) in [6.45, 7) is 1.64. The van der Waals surface area contributed by atoms with Gasteiger partial charge in [0.25, 0.3) is 0 Å². The van der Waals surface area contributed by atoms with Crippen LogP contribution in [-0.4, -0.2) is 33.8 Å². The lowest BCUT2D eigenvalue weighted by molar-refractivity contribution is -0.946. The highest BCUT2D eigenvalue weighted by Crippen LogP contribution is 2.35. The third-order valence-corrected chi connectivity index (χ3v) is 5.57. The quantitative estimate of drug-likeness (QED) is 0.770. The SMILES string of the molecule is COC(=O)C[C@@H]1c2cc(OC)c(OC)cc2CC[NH+]1Cc1ccccc1Cl. The second-order valence-electron chi connectivity index (χ2n) is 6.67. The summed E-state index contributed by atoms with van der Waals surface area (Å²) < 4.78 is 15.9. The van der Waals surface area contributed by atoms with Crippen molar-refractivity contribution in [2.75, 3.05) is 27.9 Å². The second-order valence-corrected chi connectivity index (χ2v) is 7.07. The molecule has 27 heavy (non-hydrogen) atoms. The molecule has 0 radical (unpaired) electrons. The predicted molar refractivity (Wildman–Crippen MR) is 104 cm³/mol. The summed E-state index contributed by atoms with van der Waals surface area (Å²) in [6.07, 6.45) is 1.20. The number of hydrogen-bond acceptors (Lipinski definition) is 4. The lowest BCUT2D eigenvalue weighted by atomic mass is 9.89. The van der Waals surface area contributed by atoms with Crippen LogP contribution in [0.15, 0.2) is 36.4 Å². The van der Waals surface area contributed by atoms with Crippen LogP contribution in [0.2, 0.25) is 5.02 Å². The topological polar surface area (TPSA) is 49.2 Å². The fourth-order valence-corrected chi connectivity index (χ4v) is 3.97. The minimum absolute atomic E-state index is 0.0303. The first-order chi connectivity index (χ1) is 13.1. The van der Waals surface area contributed by atoms with E-state index in [0.29, 0.717) is 17.9 Å². The Morgan fingerprint density at radius 3 is 2.52 bits per heavy atom. The first kappa shape index (κ1) is 19.5. The molecule has 1 unspecified atom stereocenters. The first-order valence-electron chi connectivity index (χ1n) is 8.97. The van der Waals surface area contributed by atoms with Crippen LogP contribution < -0.4 is 14.4 Å². The highest BCUT2D eigenvalue weighted by molar-refractivity contribution is 6.31. The molecule has 3 rings (SSSR count). The van der Waals surface area contributed by atoms with Gasteiger partial charge in [0.05, 0.1) is 27.9 Å². The molecule has 5 nitrogen and oxygen atoms in total. The molecule has 1 heterocycles. The third kappa shape index (κ3) is 4.20. The number of ether oxygens (including phenoxy) is 3. The summed E-state index contributed by atoms with van der Waals surface area (Å²) in [6, 6.07) is 11.8. The molecule has 0 fully saturated rings. The van der Waals surface area contributed by atoms with Crippen LogP contribution in [0, 0.1) is 0 Å². The molecular formula is C21H25ClNO4+. The van der Waals surface area contributed by atoms with E-state index in [2.05, 4.69) is 0 Å². The lowest BCUT2D eigenvalue weighted by Crippen LogP contribution is -3.12. The smallest absolute Gasteiger partial charge is 0.311 e. The minimum atomic E-state index is -0.223. The van der Waals surface area contributed by atoms with Crippen molar-refractivity contribution in [3.05, 3.63) is 58.1 Å². The van der Waals surface area contributed by atoms with Gasteiger partial charge < -0.3 is 19.1 Å². The molecule has 2 atom stereocenters. The molecule has 1 N–H and O–H groups in total. The summed E-state index contributed by atoms with van der Waals surface area (Å²) in [4.78, 5) is 13.4. The number of rotatable bonds is 6. The van der Waals surface area contributed by atoms with E-state index in [4.69, 9.17) is 25.8 Å². The molecule has 0 saturated carbocycles. The summed E-state index contributed by atoms with van der Waals surface area (Å²) in [5, 5.41) is 0.750. The maximum Gasteiger partial charge on any atom is 0.311 e. The monoisotopic (exact) mass is 390 g/mol. The normalized spacial score (nSPS) is 18.5. The summed E-state index contributed by atoms with van der Waals surface area (Å²) in [5.74, 6) is 1.16. The molecule has 0 spiro atoms. The van der Waals surface area contributed by atoms with Gasteiger partial charge in [0.2, 0.25) is 0 Å². The number of methoxy groups -OCH3 is 3. The predicted octanol–water partition coefficient (Wildman–Crippen LogP) is 2.60. The Bertz CT molecular complexity index is 824. The van der Waals surface area contributed by atoms with Gasteiger partial charge in [-0.15, -0.1) is 0 Å². The largest absolute Gasteiger partial charge is 0.493 e. The van der Waals surface area contributed by atoms with Crippen molar-refractivity contribution in [3.63, 3.8) is 0 Å². The zero-order valence-corrected chi connectivity index (χ0v) is 16.6. The van der Waals surface area contributed by atoms with Crippen molar-refractivity contribution in [2.45, 2.75) is 25.4 Å². The molecule has 1 aliphatic rings. The van der Waals surface area contributed by atoms with Gasteiger partial charge in [-0.25, -0.2) is 0 Å². The van der Waals surface area contributed by atoms with E-state index >= 15 is 0 Å². The zero-order chi connectivity index (χ0) is 19.4. The van der Waals surface area contributed by atoms with Crippen LogP contribution in [-0.2, 0) is 22.5 Å². The number of esters is 1. The van der Waals surface area contributed by atoms with Crippen molar-refractivity contribution in [1.82, 2.24) is 0 Å². The number of carbonyl (C=O) groups is 1. The van der Waals surface area contributed by atoms with Gasteiger partial charge >= 0.3 is 5.97 Å². The van der Waals surface area contributed by atoms with Crippen LogP contribution >= 0.6 is 11.6 Å². The molecule has 2 aromatic carbocycles. The van der Waals surface area contributed by atoms with Gasteiger partial charge in [-0.3, -0.25) is 4.79 Å². The van der Waals surface area contributed by atoms with Crippen LogP contribution in [0.4, 0.5) is 0 Å². The summed E-state index contributed by atoms with van der Waals surface area (Å²) in [7, 11) is 4.68. The Labute approximate surface area is 164 Å². The second kappa shape index (κ2) is 8.63. The maximum atomic E-state index is 12.1. The average Bonchev–Trinajstić information content (AvgIpc) is 2.70. The first-order valence-corrected chi connectivity index (χ1v) is 9.34. The van der Waals surface area contributed by atoms with Crippen molar-refractivity contribution in [3.8, 4) is 11.5 Å². The van der Waals surface area contributed by atoms with Gasteiger partial charge in [0, 0.05) is 22.6 Å². The molecule has 0 aliphatic carbocycles. The van der Waals surface area contributed by atoms with E-state index in [0.717, 1.165) is 35.7 Å². The standard InChI is InChI=1S/C21H24ClNO4/c1-25-19-10-14-8-9-23(13-15-6-4-5-7-17(15)22)18(12-21(24)27-3)16(14)11-20(19)26-2/h4-7,10-11,18H,8-9,12-13H2,1-3H3/p+1/t18-/m1/s1. The summed E-state index contributed by atoms with van der Waals surface area (Å²) >= 11 is 6.37. The average molecular weight is 391 g/mol. The highest BCUT2D eigenvalue weighted by Gasteiger charge is 2.34. The third-order valence-electron chi connectivity index (χ3n) is 5.20. The van der Waals surface area contributed by atoms with Crippen LogP contribution in [0.5, 0.6) is 11.5 Å². The number of carbonyl (C=O) groups excluding carboxylic acids is 1. The molecule has 2 aromatic rings. The number of nitrogens with one attached hydrogen (secondary N) is 1. The fraction of sp³-hybridized carbons (Fsp3) is 0.381. The van der Waals surface area contributed by atoms with Gasteiger partial charge in [0.1, 0.15) is 19.0 Å². The summed E-state index contributed by atoms with van der Waals surface area (Å²) in [5.41, 5.74) is 3.36. The Morgan fingerprint density at radius 2 is 1.85 bits per heavy atom. The Kier molecular flexibility index (Phi) is 6.24. The molecule has 1 aliphatic heterocycles. The number of quaternary nitrogens is 1. The molecule has 0 saturated heterocycles. The van der Waals surface area contributed by atoms with Crippen LogP contribution in [0.3, 0.4) is 0 Å². The van der Waals surface area contributed by atoms with E-state index < -0.39 is 0 Å². The maximum absolute atomic E-state index is 12.1. The van der Waals surface area contributed by atoms with E-state index in [9.17, 15) is 4.79 Å². The van der Waals surface area contributed by atoms with Crippen LogP contribution in [0.25, 0.3) is 0 Å². The zero-order valence-electron chi connectivity index (χ0n) is 15.9. The van der Waals surface area contributed by atoms with Gasteiger partial charge in [-0.05, 0) is 23.8 Å². The lowest BCUT2D eigenvalue weighted by Gasteiger charge is -2.34. The number of benzene rings is 2.